The Kier molecular flexibility index (Phi) is 11.4. The number of halogens is 2. The molecule has 1 unspecified atom stereocenters. The lowest BCUT2D eigenvalue weighted by molar-refractivity contribution is 0.0937. The Labute approximate surface area is 170 Å². The number of aromatic nitrogens is 1. The molecule has 3 N–H and O–H groups in total. The first-order valence-electron chi connectivity index (χ1n) is 7.78. The molecule has 1 heterocycles. The Morgan fingerprint density at radius 3 is 2.73 bits per heavy atom. The van der Waals surface area contributed by atoms with Crippen molar-refractivity contribution in [2.24, 2.45) is 5.73 Å². The van der Waals surface area contributed by atoms with Crippen molar-refractivity contribution in [3.63, 3.8) is 0 Å². The lowest BCUT2D eigenvalue weighted by Gasteiger charge is -2.25. The van der Waals surface area contributed by atoms with Gasteiger partial charge in [-0.15, -0.1) is 36.2 Å². The highest BCUT2D eigenvalue weighted by atomic mass is 35.5. The standard InChI is InChI=1S/C17H24N4O2S.2ClH/c1-21(2)15(12-5-4-6-13(9-12)23-3)10-19-17(22)14-11-24-16(20-14)7-8-18;;/h4-6,9,11,15H,7-8,10,18H2,1-3H3,(H,19,22);2*1H. The van der Waals surface area contributed by atoms with Gasteiger partial charge >= 0.3 is 0 Å². The Hall–Kier alpha value is -1.38. The zero-order chi connectivity index (χ0) is 17.5. The van der Waals surface area contributed by atoms with Gasteiger partial charge in [-0.3, -0.25) is 4.79 Å². The molecule has 1 aromatic heterocycles. The van der Waals surface area contributed by atoms with Gasteiger partial charge in [0.2, 0.25) is 0 Å². The van der Waals surface area contributed by atoms with Crippen LogP contribution in [0.15, 0.2) is 29.6 Å². The van der Waals surface area contributed by atoms with Crippen LogP contribution >= 0.6 is 36.2 Å². The van der Waals surface area contributed by atoms with Crippen molar-refractivity contribution in [3.05, 3.63) is 45.9 Å². The maximum atomic E-state index is 12.3. The Morgan fingerprint density at radius 1 is 1.38 bits per heavy atom. The number of thiazole rings is 1. The molecule has 0 spiro atoms. The number of nitrogens with two attached hydrogens (primary N) is 1. The first-order chi connectivity index (χ1) is 11.5. The summed E-state index contributed by atoms with van der Waals surface area (Å²) >= 11 is 1.47. The molecule has 146 valence electrons. The monoisotopic (exact) mass is 420 g/mol. The van der Waals surface area contributed by atoms with E-state index in [0.717, 1.165) is 16.3 Å². The summed E-state index contributed by atoms with van der Waals surface area (Å²) in [6.45, 7) is 1.02. The Balaban J connectivity index is 0.00000312. The minimum absolute atomic E-state index is 0. The Bertz CT molecular complexity index is 682. The molecule has 0 aliphatic rings. The Morgan fingerprint density at radius 2 is 2.12 bits per heavy atom. The average Bonchev–Trinajstić information content (AvgIpc) is 3.04. The molecule has 9 heteroatoms. The van der Waals surface area contributed by atoms with Gasteiger partial charge in [0, 0.05) is 18.3 Å². The van der Waals surface area contributed by atoms with Gasteiger partial charge in [0.05, 0.1) is 18.2 Å². The smallest absolute Gasteiger partial charge is 0.270 e. The molecule has 0 saturated carbocycles. The van der Waals surface area contributed by atoms with Crippen LogP contribution in [0.3, 0.4) is 0 Å². The summed E-state index contributed by atoms with van der Waals surface area (Å²) in [5, 5.41) is 5.63. The quantitative estimate of drug-likeness (QED) is 0.685. The van der Waals surface area contributed by atoms with E-state index in [9.17, 15) is 4.79 Å². The van der Waals surface area contributed by atoms with E-state index in [4.69, 9.17) is 10.5 Å². The van der Waals surface area contributed by atoms with Gasteiger partial charge < -0.3 is 20.7 Å². The van der Waals surface area contributed by atoms with Crippen LogP contribution in [0, 0.1) is 0 Å². The van der Waals surface area contributed by atoms with Gasteiger partial charge in [0.25, 0.3) is 5.91 Å². The molecule has 1 amide bonds. The number of carbonyl (C=O) groups is 1. The molecule has 0 bridgehead atoms. The zero-order valence-electron chi connectivity index (χ0n) is 15.1. The SMILES string of the molecule is COc1cccc(C(CNC(=O)c2csc(CCN)n2)N(C)C)c1.Cl.Cl. The van der Waals surface area contributed by atoms with Crippen LogP contribution in [-0.4, -0.2) is 50.1 Å². The van der Waals surface area contributed by atoms with E-state index < -0.39 is 0 Å². The lowest BCUT2D eigenvalue weighted by Crippen LogP contribution is -2.34. The second-order valence-corrected chi connectivity index (χ2v) is 6.57. The summed E-state index contributed by atoms with van der Waals surface area (Å²) in [6.07, 6.45) is 0.697. The minimum Gasteiger partial charge on any atom is -0.497 e. The van der Waals surface area contributed by atoms with Crippen LogP contribution in [0.1, 0.15) is 27.1 Å². The number of methoxy groups -OCH3 is 1. The highest BCUT2D eigenvalue weighted by Crippen LogP contribution is 2.22. The number of amides is 1. The molecule has 0 aliphatic heterocycles. The van der Waals surface area contributed by atoms with Gasteiger partial charge in [-0.2, -0.15) is 0 Å². The third kappa shape index (κ3) is 6.74. The maximum Gasteiger partial charge on any atom is 0.270 e. The number of nitrogens with zero attached hydrogens (tertiary/aromatic N) is 2. The number of rotatable bonds is 8. The maximum absolute atomic E-state index is 12.3. The third-order valence-corrected chi connectivity index (χ3v) is 4.61. The normalized spacial score (nSPS) is 11.3. The largest absolute Gasteiger partial charge is 0.497 e. The fraction of sp³-hybridized carbons (Fsp3) is 0.412. The molecule has 1 atom stereocenters. The van der Waals surface area contributed by atoms with E-state index in [-0.39, 0.29) is 36.8 Å². The zero-order valence-corrected chi connectivity index (χ0v) is 17.5. The van der Waals surface area contributed by atoms with Gasteiger partial charge in [0.15, 0.2) is 0 Å². The fourth-order valence-electron chi connectivity index (χ4n) is 2.38. The molecule has 1 aromatic carbocycles. The van der Waals surface area contributed by atoms with Crippen LogP contribution in [0.4, 0.5) is 0 Å². The number of hydrogen-bond acceptors (Lipinski definition) is 6. The van der Waals surface area contributed by atoms with E-state index in [2.05, 4.69) is 15.2 Å². The first-order valence-corrected chi connectivity index (χ1v) is 8.66. The van der Waals surface area contributed by atoms with Crippen molar-refractivity contribution in [1.29, 1.82) is 0 Å². The second-order valence-electron chi connectivity index (χ2n) is 5.63. The number of benzene rings is 1. The molecule has 26 heavy (non-hydrogen) atoms. The minimum atomic E-state index is -0.163. The number of ether oxygens (including phenoxy) is 1. The summed E-state index contributed by atoms with van der Waals surface area (Å²) in [7, 11) is 5.61. The van der Waals surface area contributed by atoms with Crippen molar-refractivity contribution >= 4 is 42.1 Å². The van der Waals surface area contributed by atoms with Crippen molar-refractivity contribution < 1.29 is 9.53 Å². The summed E-state index contributed by atoms with van der Waals surface area (Å²) < 4.78 is 5.28. The van der Waals surface area contributed by atoms with Gasteiger partial charge in [0.1, 0.15) is 11.4 Å². The van der Waals surface area contributed by atoms with Crippen molar-refractivity contribution in [1.82, 2.24) is 15.2 Å². The predicted octanol–water partition coefficient (Wildman–Crippen LogP) is 2.53. The highest BCUT2D eigenvalue weighted by Gasteiger charge is 2.17. The molecular weight excluding hydrogens is 395 g/mol. The first kappa shape index (κ1) is 24.6. The average molecular weight is 421 g/mol. The number of carbonyl (C=O) groups excluding carboxylic acids is 1. The highest BCUT2D eigenvalue weighted by molar-refractivity contribution is 7.09. The number of hydrogen-bond donors (Lipinski definition) is 2. The summed E-state index contributed by atoms with van der Waals surface area (Å²) in [5.74, 6) is 0.640. The second kappa shape index (κ2) is 12.1. The third-order valence-electron chi connectivity index (χ3n) is 3.70. The molecule has 2 aromatic rings. The van der Waals surface area contributed by atoms with Crippen molar-refractivity contribution in [3.8, 4) is 5.75 Å². The summed E-state index contributed by atoms with van der Waals surface area (Å²) in [4.78, 5) is 18.7. The molecule has 0 fully saturated rings. The molecule has 0 radical (unpaired) electrons. The fourth-order valence-corrected chi connectivity index (χ4v) is 3.17. The van der Waals surface area contributed by atoms with E-state index in [0.29, 0.717) is 25.2 Å². The van der Waals surface area contributed by atoms with Crippen LogP contribution in [0.2, 0.25) is 0 Å². The van der Waals surface area contributed by atoms with E-state index in [1.54, 1.807) is 12.5 Å². The van der Waals surface area contributed by atoms with Crippen LogP contribution in [-0.2, 0) is 6.42 Å². The van der Waals surface area contributed by atoms with Gasteiger partial charge in [-0.1, -0.05) is 12.1 Å². The van der Waals surface area contributed by atoms with Crippen LogP contribution in [0.5, 0.6) is 5.75 Å². The van der Waals surface area contributed by atoms with E-state index in [1.807, 2.05) is 38.4 Å². The van der Waals surface area contributed by atoms with Crippen LogP contribution < -0.4 is 15.8 Å². The van der Waals surface area contributed by atoms with Gasteiger partial charge in [-0.05, 0) is 38.3 Å². The topological polar surface area (TPSA) is 80.5 Å². The summed E-state index contributed by atoms with van der Waals surface area (Å²) in [6, 6.07) is 7.92. The molecule has 0 aliphatic carbocycles. The summed E-state index contributed by atoms with van der Waals surface area (Å²) in [5.41, 5.74) is 7.05. The number of nitrogens with one attached hydrogen (secondary N) is 1. The van der Waals surface area contributed by atoms with E-state index in [1.165, 1.54) is 11.3 Å². The molecule has 2 rings (SSSR count). The van der Waals surface area contributed by atoms with Crippen LogP contribution in [0.25, 0.3) is 0 Å². The van der Waals surface area contributed by atoms with Crippen molar-refractivity contribution in [2.75, 3.05) is 34.3 Å². The molecule has 6 nitrogen and oxygen atoms in total. The van der Waals surface area contributed by atoms with Gasteiger partial charge in [-0.25, -0.2) is 4.98 Å². The number of likely N-dealkylation sites (N-methyl/N-ethyl adjacent to an activating group) is 1. The predicted molar refractivity (Wildman–Crippen MR) is 111 cm³/mol. The van der Waals surface area contributed by atoms with Crippen molar-refractivity contribution in [2.45, 2.75) is 12.5 Å². The van der Waals surface area contributed by atoms with E-state index >= 15 is 0 Å². The lowest BCUT2D eigenvalue weighted by atomic mass is 10.1. The molecular formula is C17H26Cl2N4O2S. The molecule has 0 saturated heterocycles.